The lowest BCUT2D eigenvalue weighted by Gasteiger charge is -2.15. The van der Waals surface area contributed by atoms with E-state index in [1.165, 1.54) is 0 Å². The normalized spacial score (nSPS) is 12.1. The minimum Gasteiger partial charge on any atom is -0.497 e. The van der Waals surface area contributed by atoms with E-state index in [1.54, 1.807) is 14.2 Å². The van der Waals surface area contributed by atoms with Gasteiger partial charge in [-0.05, 0) is 41.5 Å². The van der Waals surface area contributed by atoms with Gasteiger partial charge in [-0.25, -0.2) is 0 Å². The first-order valence-corrected chi connectivity index (χ1v) is 8.37. The molecular formula is C15H13Br3O2. The molecule has 20 heavy (non-hydrogen) atoms. The smallest absolute Gasteiger partial charge is 0.122 e. The molecule has 0 bridgehead atoms. The van der Waals surface area contributed by atoms with Gasteiger partial charge in [-0.1, -0.05) is 47.8 Å². The number of benzene rings is 2. The van der Waals surface area contributed by atoms with Gasteiger partial charge in [0.15, 0.2) is 0 Å². The molecule has 0 N–H and O–H groups in total. The Morgan fingerprint density at radius 2 is 1.50 bits per heavy atom. The summed E-state index contributed by atoms with van der Waals surface area (Å²) in [6.45, 7) is 0. The first-order valence-electron chi connectivity index (χ1n) is 5.87. The summed E-state index contributed by atoms with van der Waals surface area (Å²) in [5.74, 6) is 1.55. The summed E-state index contributed by atoms with van der Waals surface area (Å²) in [4.78, 5) is 0.0402. The molecule has 1 atom stereocenters. The van der Waals surface area contributed by atoms with E-state index in [9.17, 15) is 0 Å². The predicted octanol–water partition coefficient (Wildman–Crippen LogP) is 5.71. The second kappa shape index (κ2) is 6.96. The van der Waals surface area contributed by atoms with Gasteiger partial charge in [0.2, 0.25) is 0 Å². The number of hydrogen-bond acceptors (Lipinski definition) is 2. The standard InChI is InChI=1S/C15H13Br3O2/c1-19-11-5-9(6-12(8-11)20-2)15(18)13-7-10(16)3-4-14(13)17/h3-8,15H,1-2H3. The molecule has 0 radical (unpaired) electrons. The van der Waals surface area contributed by atoms with Crippen molar-refractivity contribution in [3.63, 3.8) is 0 Å². The van der Waals surface area contributed by atoms with Crippen molar-refractivity contribution in [2.24, 2.45) is 0 Å². The lowest BCUT2D eigenvalue weighted by molar-refractivity contribution is 0.393. The van der Waals surface area contributed by atoms with Crippen molar-refractivity contribution in [2.45, 2.75) is 4.83 Å². The molecule has 0 saturated heterocycles. The van der Waals surface area contributed by atoms with Gasteiger partial charge in [0.05, 0.1) is 19.0 Å². The van der Waals surface area contributed by atoms with E-state index < -0.39 is 0 Å². The maximum Gasteiger partial charge on any atom is 0.122 e. The van der Waals surface area contributed by atoms with Crippen molar-refractivity contribution >= 4 is 47.8 Å². The van der Waals surface area contributed by atoms with E-state index in [0.717, 1.165) is 31.6 Å². The maximum atomic E-state index is 5.32. The summed E-state index contributed by atoms with van der Waals surface area (Å²) in [7, 11) is 3.30. The van der Waals surface area contributed by atoms with Gasteiger partial charge in [0.1, 0.15) is 11.5 Å². The van der Waals surface area contributed by atoms with Gasteiger partial charge < -0.3 is 9.47 Å². The zero-order valence-electron chi connectivity index (χ0n) is 11.0. The molecule has 2 aromatic rings. The predicted molar refractivity (Wildman–Crippen MR) is 92.2 cm³/mol. The van der Waals surface area contributed by atoms with E-state index in [2.05, 4.69) is 53.9 Å². The fraction of sp³-hybridized carbons (Fsp3) is 0.200. The largest absolute Gasteiger partial charge is 0.497 e. The fourth-order valence-corrected chi connectivity index (χ4v) is 3.67. The summed E-state index contributed by atoms with van der Waals surface area (Å²) >= 11 is 10.8. The zero-order valence-corrected chi connectivity index (χ0v) is 15.7. The molecule has 0 amide bonds. The molecule has 1 unspecified atom stereocenters. The Balaban J connectivity index is 2.46. The van der Waals surface area contributed by atoms with Crippen LogP contribution in [0.3, 0.4) is 0 Å². The molecule has 5 heteroatoms. The Kier molecular flexibility index (Phi) is 5.52. The van der Waals surface area contributed by atoms with E-state index in [-0.39, 0.29) is 4.83 Å². The summed E-state index contributed by atoms with van der Waals surface area (Å²) in [5, 5.41) is 0. The van der Waals surface area contributed by atoms with Crippen molar-refractivity contribution in [3.05, 3.63) is 56.5 Å². The van der Waals surface area contributed by atoms with Crippen molar-refractivity contribution < 1.29 is 9.47 Å². The van der Waals surface area contributed by atoms with Crippen LogP contribution in [0.25, 0.3) is 0 Å². The van der Waals surface area contributed by atoms with Gasteiger partial charge in [-0.2, -0.15) is 0 Å². The van der Waals surface area contributed by atoms with Crippen LogP contribution in [0.4, 0.5) is 0 Å². The summed E-state index contributed by atoms with van der Waals surface area (Å²) < 4.78 is 12.7. The first-order chi connectivity index (χ1) is 9.55. The monoisotopic (exact) mass is 462 g/mol. The number of alkyl halides is 1. The number of hydrogen-bond donors (Lipinski definition) is 0. The quantitative estimate of drug-likeness (QED) is 0.539. The molecule has 0 aliphatic carbocycles. The Hall–Kier alpha value is -0.520. The molecule has 0 fully saturated rings. The molecule has 0 saturated carbocycles. The molecular weight excluding hydrogens is 452 g/mol. The van der Waals surface area contributed by atoms with Crippen LogP contribution in [0.15, 0.2) is 45.3 Å². The highest BCUT2D eigenvalue weighted by Gasteiger charge is 2.16. The van der Waals surface area contributed by atoms with E-state index in [1.807, 2.05) is 30.3 Å². The Bertz CT molecular complexity index is 592. The maximum absolute atomic E-state index is 5.32. The summed E-state index contributed by atoms with van der Waals surface area (Å²) in [6, 6.07) is 11.9. The average Bonchev–Trinajstić information content (AvgIpc) is 2.48. The third kappa shape index (κ3) is 3.57. The topological polar surface area (TPSA) is 18.5 Å². The average molecular weight is 465 g/mol. The minimum absolute atomic E-state index is 0.0402. The van der Waals surface area contributed by atoms with Gasteiger partial charge in [0, 0.05) is 15.0 Å². The Labute approximate surface area is 143 Å². The number of methoxy groups -OCH3 is 2. The minimum atomic E-state index is 0.0402. The molecule has 2 nitrogen and oxygen atoms in total. The molecule has 0 aromatic heterocycles. The van der Waals surface area contributed by atoms with E-state index >= 15 is 0 Å². The first kappa shape index (κ1) is 15.9. The molecule has 2 aromatic carbocycles. The molecule has 0 spiro atoms. The molecule has 0 aliphatic heterocycles. The molecule has 0 aliphatic rings. The highest BCUT2D eigenvalue weighted by molar-refractivity contribution is 9.11. The van der Waals surface area contributed by atoms with Crippen molar-refractivity contribution in [1.82, 2.24) is 0 Å². The highest BCUT2D eigenvalue weighted by atomic mass is 79.9. The van der Waals surface area contributed by atoms with Crippen molar-refractivity contribution in [1.29, 1.82) is 0 Å². The molecule has 2 rings (SSSR count). The number of halogens is 3. The molecule has 106 valence electrons. The number of rotatable bonds is 4. The van der Waals surface area contributed by atoms with Crippen molar-refractivity contribution in [2.75, 3.05) is 14.2 Å². The Morgan fingerprint density at radius 1 is 0.900 bits per heavy atom. The van der Waals surface area contributed by atoms with Gasteiger partial charge in [-0.15, -0.1) is 0 Å². The van der Waals surface area contributed by atoms with Crippen LogP contribution in [-0.4, -0.2) is 14.2 Å². The van der Waals surface area contributed by atoms with Crippen LogP contribution in [0.2, 0.25) is 0 Å². The van der Waals surface area contributed by atoms with Crippen LogP contribution in [0.5, 0.6) is 11.5 Å². The van der Waals surface area contributed by atoms with Crippen LogP contribution in [-0.2, 0) is 0 Å². The van der Waals surface area contributed by atoms with Crippen LogP contribution >= 0.6 is 47.8 Å². The second-order valence-corrected chi connectivity index (χ2v) is 6.86. The lowest BCUT2D eigenvalue weighted by atomic mass is 10.0. The van der Waals surface area contributed by atoms with E-state index in [0.29, 0.717) is 0 Å². The van der Waals surface area contributed by atoms with Crippen LogP contribution in [0.1, 0.15) is 16.0 Å². The summed E-state index contributed by atoms with van der Waals surface area (Å²) in [6.07, 6.45) is 0. The van der Waals surface area contributed by atoms with E-state index in [4.69, 9.17) is 9.47 Å². The SMILES string of the molecule is COc1cc(OC)cc(C(Br)c2cc(Br)ccc2Br)c1. The van der Waals surface area contributed by atoms with Crippen LogP contribution in [0, 0.1) is 0 Å². The highest BCUT2D eigenvalue weighted by Crippen LogP contribution is 2.39. The van der Waals surface area contributed by atoms with Crippen LogP contribution < -0.4 is 9.47 Å². The molecule has 0 heterocycles. The van der Waals surface area contributed by atoms with Gasteiger partial charge in [-0.3, -0.25) is 0 Å². The third-order valence-electron chi connectivity index (χ3n) is 2.90. The zero-order chi connectivity index (χ0) is 14.7. The van der Waals surface area contributed by atoms with Gasteiger partial charge in [0.25, 0.3) is 0 Å². The van der Waals surface area contributed by atoms with Crippen molar-refractivity contribution in [3.8, 4) is 11.5 Å². The third-order valence-corrected chi connectivity index (χ3v) is 5.13. The lowest BCUT2D eigenvalue weighted by Crippen LogP contribution is -1.97. The summed E-state index contributed by atoms with van der Waals surface area (Å²) in [5.41, 5.74) is 2.20. The van der Waals surface area contributed by atoms with Gasteiger partial charge >= 0.3 is 0 Å². The Morgan fingerprint density at radius 3 is 2.05 bits per heavy atom. The fourth-order valence-electron chi connectivity index (χ4n) is 1.86. The number of ether oxygens (including phenoxy) is 2. The second-order valence-electron chi connectivity index (χ2n) is 4.17.